The normalized spacial score (nSPS) is 14.5. The molecule has 7 nitrogen and oxygen atoms in total. The first-order chi connectivity index (χ1) is 12.7. The molecule has 132 valence electrons. The Morgan fingerprint density at radius 3 is 2.50 bits per heavy atom. The van der Waals surface area contributed by atoms with Crippen molar-refractivity contribution in [2.45, 2.75) is 0 Å². The minimum Gasteiger partial charge on any atom is -0.463 e. The predicted octanol–water partition coefficient (Wildman–Crippen LogP) is 1.99. The second-order valence-electron chi connectivity index (χ2n) is 6.08. The molecule has 3 aromatic rings. The van der Waals surface area contributed by atoms with Crippen LogP contribution in [-0.2, 0) is 0 Å². The Labute approximate surface area is 149 Å². The zero-order valence-corrected chi connectivity index (χ0v) is 14.1. The summed E-state index contributed by atoms with van der Waals surface area (Å²) in [5.41, 5.74) is 1.16. The molecule has 0 saturated carbocycles. The number of amides is 1. The standard InChI is InChI=1S/C19H18N4O3/c24-18(16-13-15(20-19(25)21-16)17-7-4-12-26-17)23-10-8-22(9-11-23)14-5-2-1-3-6-14/h1-7,12-13H,8-11H2,(H,20,21,25). The maximum Gasteiger partial charge on any atom is 0.346 e. The van der Waals surface area contributed by atoms with Crippen molar-refractivity contribution in [3.05, 3.63) is 71.0 Å². The molecular weight excluding hydrogens is 332 g/mol. The molecule has 1 fully saturated rings. The zero-order chi connectivity index (χ0) is 17.9. The van der Waals surface area contributed by atoms with Crippen LogP contribution < -0.4 is 10.6 Å². The number of anilines is 1. The third-order valence-electron chi connectivity index (χ3n) is 4.44. The highest BCUT2D eigenvalue weighted by molar-refractivity contribution is 5.93. The molecule has 26 heavy (non-hydrogen) atoms. The molecule has 2 aromatic heterocycles. The molecule has 1 N–H and O–H groups in total. The molecule has 7 heteroatoms. The van der Waals surface area contributed by atoms with Crippen LogP contribution in [0.2, 0.25) is 0 Å². The predicted molar refractivity (Wildman–Crippen MR) is 97.1 cm³/mol. The van der Waals surface area contributed by atoms with Gasteiger partial charge in [-0.1, -0.05) is 18.2 Å². The van der Waals surface area contributed by atoms with Gasteiger partial charge in [-0.05, 0) is 30.3 Å². The number of rotatable bonds is 3. The van der Waals surface area contributed by atoms with Crippen molar-refractivity contribution in [3.63, 3.8) is 0 Å². The van der Waals surface area contributed by atoms with Gasteiger partial charge in [-0.15, -0.1) is 0 Å². The minimum absolute atomic E-state index is 0.133. The summed E-state index contributed by atoms with van der Waals surface area (Å²) in [6.45, 7) is 2.64. The smallest absolute Gasteiger partial charge is 0.346 e. The number of hydrogen-bond acceptors (Lipinski definition) is 5. The van der Waals surface area contributed by atoms with E-state index in [0.717, 1.165) is 18.8 Å². The van der Waals surface area contributed by atoms with E-state index in [1.165, 1.54) is 6.26 Å². The number of aromatic amines is 1. The van der Waals surface area contributed by atoms with Crippen LogP contribution in [-0.4, -0.2) is 47.0 Å². The van der Waals surface area contributed by atoms with E-state index < -0.39 is 5.69 Å². The average Bonchev–Trinajstić information content (AvgIpc) is 3.23. The van der Waals surface area contributed by atoms with Crippen molar-refractivity contribution < 1.29 is 9.21 Å². The summed E-state index contributed by atoms with van der Waals surface area (Å²) in [6.07, 6.45) is 1.51. The zero-order valence-electron chi connectivity index (χ0n) is 14.1. The van der Waals surface area contributed by atoms with E-state index >= 15 is 0 Å². The van der Waals surface area contributed by atoms with Gasteiger partial charge >= 0.3 is 5.69 Å². The minimum atomic E-state index is -0.565. The lowest BCUT2D eigenvalue weighted by Crippen LogP contribution is -2.49. The number of hydrogen-bond donors (Lipinski definition) is 1. The number of carbonyl (C=O) groups is 1. The van der Waals surface area contributed by atoms with Gasteiger partial charge in [-0.25, -0.2) is 4.79 Å². The average molecular weight is 350 g/mol. The summed E-state index contributed by atoms with van der Waals surface area (Å²) in [6, 6.07) is 15.1. The number of benzene rings is 1. The molecule has 0 aliphatic carbocycles. The number of carbonyl (C=O) groups excluding carboxylic acids is 1. The number of furan rings is 1. The molecule has 0 spiro atoms. The summed E-state index contributed by atoms with van der Waals surface area (Å²) in [5, 5.41) is 0. The van der Waals surface area contributed by atoms with Gasteiger partial charge in [0, 0.05) is 31.9 Å². The second kappa shape index (κ2) is 6.87. The number of nitrogens with zero attached hydrogens (tertiary/aromatic N) is 3. The first kappa shape index (κ1) is 16.1. The summed E-state index contributed by atoms with van der Waals surface area (Å²) in [4.78, 5) is 35.0. The number of piperazine rings is 1. The van der Waals surface area contributed by atoms with E-state index in [-0.39, 0.29) is 11.6 Å². The lowest BCUT2D eigenvalue weighted by molar-refractivity contribution is 0.0740. The maximum absolute atomic E-state index is 12.8. The highest BCUT2D eigenvalue weighted by Gasteiger charge is 2.24. The molecule has 1 aliphatic heterocycles. The highest BCUT2D eigenvalue weighted by Crippen LogP contribution is 2.19. The molecule has 0 radical (unpaired) electrons. The van der Waals surface area contributed by atoms with Gasteiger partial charge in [0.25, 0.3) is 5.91 Å². The van der Waals surface area contributed by atoms with Crippen LogP contribution in [0.5, 0.6) is 0 Å². The summed E-state index contributed by atoms with van der Waals surface area (Å²) >= 11 is 0. The van der Waals surface area contributed by atoms with Crippen LogP contribution >= 0.6 is 0 Å². The summed E-state index contributed by atoms with van der Waals surface area (Å²) < 4.78 is 5.29. The topological polar surface area (TPSA) is 82.4 Å². The number of para-hydroxylation sites is 1. The second-order valence-corrected chi connectivity index (χ2v) is 6.08. The molecule has 0 unspecified atom stereocenters. The Hall–Kier alpha value is -3.35. The third kappa shape index (κ3) is 3.23. The molecular formula is C19H18N4O3. The Morgan fingerprint density at radius 1 is 1.04 bits per heavy atom. The van der Waals surface area contributed by atoms with Crippen LogP contribution in [0.25, 0.3) is 11.5 Å². The van der Waals surface area contributed by atoms with Crippen LogP contribution in [0.4, 0.5) is 5.69 Å². The van der Waals surface area contributed by atoms with Gasteiger partial charge in [0.05, 0.1) is 12.0 Å². The first-order valence-electron chi connectivity index (χ1n) is 8.45. The highest BCUT2D eigenvalue weighted by atomic mass is 16.3. The monoisotopic (exact) mass is 350 g/mol. The Bertz CT molecular complexity index is 942. The van der Waals surface area contributed by atoms with Crippen molar-refractivity contribution in [2.75, 3.05) is 31.1 Å². The molecule has 1 amide bonds. The van der Waals surface area contributed by atoms with Crippen LogP contribution in [0.15, 0.2) is 64.0 Å². The number of nitrogens with one attached hydrogen (secondary N) is 1. The van der Waals surface area contributed by atoms with Crippen LogP contribution in [0.3, 0.4) is 0 Å². The summed E-state index contributed by atoms with van der Waals surface area (Å²) in [7, 11) is 0. The van der Waals surface area contributed by atoms with E-state index in [1.54, 1.807) is 23.1 Å². The third-order valence-corrected chi connectivity index (χ3v) is 4.44. The molecule has 1 aromatic carbocycles. The summed E-state index contributed by atoms with van der Waals surface area (Å²) in [5.74, 6) is 0.254. The van der Waals surface area contributed by atoms with Gasteiger partial charge < -0.3 is 19.2 Å². The Kier molecular flexibility index (Phi) is 4.27. The van der Waals surface area contributed by atoms with E-state index in [2.05, 4.69) is 27.0 Å². The van der Waals surface area contributed by atoms with Gasteiger partial charge in [-0.2, -0.15) is 4.98 Å². The van der Waals surface area contributed by atoms with Gasteiger partial charge in [0.1, 0.15) is 11.5 Å². The maximum atomic E-state index is 12.8. The van der Waals surface area contributed by atoms with E-state index in [4.69, 9.17) is 4.42 Å². The Morgan fingerprint density at radius 2 is 1.81 bits per heavy atom. The fourth-order valence-electron chi connectivity index (χ4n) is 3.10. The van der Waals surface area contributed by atoms with Crippen molar-refractivity contribution in [1.82, 2.24) is 14.9 Å². The first-order valence-corrected chi connectivity index (χ1v) is 8.45. The SMILES string of the molecule is O=C(c1cc(-c2ccco2)[nH]c(=O)n1)N1CCN(c2ccccc2)CC1. The van der Waals surface area contributed by atoms with Crippen LogP contribution in [0, 0.1) is 0 Å². The number of aromatic nitrogens is 2. The molecule has 1 aliphatic rings. The van der Waals surface area contributed by atoms with Crippen LogP contribution in [0.1, 0.15) is 10.5 Å². The largest absolute Gasteiger partial charge is 0.463 e. The Balaban J connectivity index is 1.50. The number of H-pyrrole nitrogens is 1. The van der Waals surface area contributed by atoms with Crippen molar-refractivity contribution >= 4 is 11.6 Å². The van der Waals surface area contributed by atoms with Crippen molar-refractivity contribution in [2.24, 2.45) is 0 Å². The lowest BCUT2D eigenvalue weighted by atomic mass is 10.2. The molecule has 0 atom stereocenters. The van der Waals surface area contributed by atoms with Gasteiger partial charge in [0.15, 0.2) is 0 Å². The lowest BCUT2D eigenvalue weighted by Gasteiger charge is -2.36. The fraction of sp³-hybridized carbons (Fsp3) is 0.211. The quantitative estimate of drug-likeness (QED) is 0.781. The molecule has 4 rings (SSSR count). The van der Waals surface area contributed by atoms with Gasteiger partial charge in [0.2, 0.25) is 0 Å². The van der Waals surface area contributed by atoms with E-state index in [9.17, 15) is 9.59 Å². The fourth-order valence-corrected chi connectivity index (χ4v) is 3.10. The molecule has 1 saturated heterocycles. The molecule has 0 bridgehead atoms. The van der Waals surface area contributed by atoms with E-state index in [0.29, 0.717) is 24.5 Å². The molecule has 3 heterocycles. The van der Waals surface area contributed by atoms with E-state index in [1.807, 2.05) is 18.2 Å². The van der Waals surface area contributed by atoms with Crippen molar-refractivity contribution in [3.8, 4) is 11.5 Å². The van der Waals surface area contributed by atoms with Crippen molar-refractivity contribution in [1.29, 1.82) is 0 Å². The van der Waals surface area contributed by atoms with Gasteiger partial charge in [-0.3, -0.25) is 4.79 Å².